The quantitative estimate of drug-likeness (QED) is 0.185. The minimum atomic E-state index is -0.0138. The molecule has 1 aliphatic heterocycles. The van der Waals surface area contributed by atoms with Gasteiger partial charge >= 0.3 is 0 Å². The van der Waals surface area contributed by atoms with Crippen molar-refractivity contribution in [1.82, 2.24) is 5.32 Å². The number of unbranched alkanes of at least 4 members (excludes halogenated alkanes) is 1. The molecule has 3 unspecified atom stereocenters. The predicted octanol–water partition coefficient (Wildman–Crippen LogP) is 9.07. The van der Waals surface area contributed by atoms with E-state index in [4.69, 9.17) is 15.9 Å². The van der Waals surface area contributed by atoms with E-state index in [9.17, 15) is 0 Å². The van der Waals surface area contributed by atoms with Crippen LogP contribution >= 0.6 is 0 Å². The maximum absolute atomic E-state index is 8.16. The van der Waals surface area contributed by atoms with Gasteiger partial charge in [0, 0.05) is 35.9 Å². The maximum atomic E-state index is 8.16. The second kappa shape index (κ2) is 15.5. The number of allylic oxidation sites excluding steroid dienone is 3. The summed E-state index contributed by atoms with van der Waals surface area (Å²) in [6, 6.07) is 13.3. The van der Waals surface area contributed by atoms with Gasteiger partial charge in [0.1, 0.15) is 11.9 Å². The first kappa shape index (κ1) is 32.9. The van der Waals surface area contributed by atoms with Gasteiger partial charge < -0.3 is 21.2 Å². The second-order valence-corrected chi connectivity index (χ2v) is 11.0. The molecule has 0 saturated carbocycles. The van der Waals surface area contributed by atoms with Crippen LogP contribution in [0, 0.1) is 25.2 Å². The average molecular weight is 544 g/mol. The third kappa shape index (κ3) is 8.36. The highest BCUT2D eigenvalue weighted by Gasteiger charge is 2.31. The van der Waals surface area contributed by atoms with Crippen LogP contribution in [0.1, 0.15) is 102 Å². The zero-order chi connectivity index (χ0) is 30.0. The van der Waals surface area contributed by atoms with Crippen LogP contribution in [0.5, 0.6) is 5.75 Å². The minimum absolute atomic E-state index is 0.0138. The lowest BCUT2D eigenvalue weighted by atomic mass is 9.88. The fraction of sp³-hybridized carbons (Fsp3) is 0.472. The molecule has 1 heterocycles. The fourth-order valence-corrected chi connectivity index (χ4v) is 5.72. The van der Waals surface area contributed by atoms with Gasteiger partial charge in [0.2, 0.25) is 0 Å². The van der Waals surface area contributed by atoms with Crippen LogP contribution in [-0.4, -0.2) is 11.8 Å². The van der Waals surface area contributed by atoms with Crippen molar-refractivity contribution >= 4 is 5.71 Å². The first-order chi connectivity index (χ1) is 19.0. The Morgan fingerprint density at radius 1 is 1.15 bits per heavy atom. The van der Waals surface area contributed by atoms with Crippen molar-refractivity contribution in [1.29, 1.82) is 5.41 Å². The summed E-state index contributed by atoms with van der Waals surface area (Å²) >= 11 is 0. The summed E-state index contributed by atoms with van der Waals surface area (Å²) in [6.07, 6.45) is 7.19. The molecule has 2 aromatic rings. The summed E-state index contributed by atoms with van der Waals surface area (Å²) in [7, 11) is 0. The van der Waals surface area contributed by atoms with Gasteiger partial charge in [-0.25, -0.2) is 0 Å². The van der Waals surface area contributed by atoms with Crippen LogP contribution in [0.4, 0.5) is 0 Å². The molecule has 2 aromatic carbocycles. The van der Waals surface area contributed by atoms with Crippen LogP contribution in [-0.2, 0) is 12.8 Å². The van der Waals surface area contributed by atoms with Gasteiger partial charge in [-0.15, -0.1) is 0 Å². The molecule has 0 saturated heterocycles. The van der Waals surface area contributed by atoms with Crippen LogP contribution in [0.25, 0.3) is 0 Å². The molecular formula is C36H53N3O. The highest BCUT2D eigenvalue weighted by atomic mass is 16.5. The van der Waals surface area contributed by atoms with E-state index >= 15 is 0 Å². The van der Waals surface area contributed by atoms with Crippen molar-refractivity contribution in [2.45, 2.75) is 107 Å². The fourth-order valence-electron chi connectivity index (χ4n) is 5.72. The number of nitrogens with one attached hydrogen (secondary N) is 2. The summed E-state index contributed by atoms with van der Waals surface area (Å²) in [5, 5.41) is 12.0. The van der Waals surface area contributed by atoms with E-state index in [0.29, 0.717) is 11.4 Å². The third-order valence-corrected chi connectivity index (χ3v) is 7.64. The lowest BCUT2D eigenvalue weighted by molar-refractivity contribution is 0.189. The van der Waals surface area contributed by atoms with E-state index in [2.05, 4.69) is 89.0 Å². The Bertz CT molecular complexity index is 1230. The summed E-state index contributed by atoms with van der Waals surface area (Å²) < 4.78 is 6.31. The summed E-state index contributed by atoms with van der Waals surface area (Å²) in [5.41, 5.74) is 17.0. The van der Waals surface area contributed by atoms with Crippen molar-refractivity contribution in [3.8, 4) is 5.75 Å². The number of ether oxygens (including phenoxy) is 1. The Morgan fingerprint density at radius 3 is 2.42 bits per heavy atom. The molecule has 1 aliphatic rings. The average Bonchev–Trinajstić information content (AvgIpc) is 3.33. The lowest BCUT2D eigenvalue weighted by Gasteiger charge is -2.26. The lowest BCUT2D eigenvalue weighted by Crippen LogP contribution is -2.28. The van der Waals surface area contributed by atoms with E-state index in [1.807, 2.05) is 20.8 Å². The molecule has 4 heteroatoms. The number of benzene rings is 2. The van der Waals surface area contributed by atoms with Crippen molar-refractivity contribution in [3.63, 3.8) is 0 Å². The van der Waals surface area contributed by atoms with Gasteiger partial charge in [-0.2, -0.15) is 0 Å². The first-order valence-corrected chi connectivity index (χ1v) is 15.1. The Labute approximate surface area is 244 Å². The normalized spacial score (nSPS) is 16.5. The second-order valence-electron chi connectivity index (χ2n) is 11.0. The number of hydrogen-bond donors (Lipinski definition) is 3. The number of rotatable bonds is 12. The zero-order valence-corrected chi connectivity index (χ0v) is 26.5. The summed E-state index contributed by atoms with van der Waals surface area (Å²) in [4.78, 5) is 0. The number of aryl methyl sites for hydroxylation is 2. The standard InChI is InChI=1S/C34H47N3O.C2H6/c1-9-11-12-28(10-2)34(30-15-13-21(3)17-22(30)4)37-23(5)18-27-14-16-31-29(19-27)20-32(38-31)24(6)33(25(7)35)26(8)36;1-2/h12-17,19,24,32,34-35,37H,5,9-11,18,20,36H2,1-4,6-8H3;1-2H3/b28-12+,33-26-,35-25?;. The van der Waals surface area contributed by atoms with E-state index in [0.717, 1.165) is 49.1 Å². The van der Waals surface area contributed by atoms with Gasteiger partial charge in [0.15, 0.2) is 0 Å². The molecule has 218 valence electrons. The van der Waals surface area contributed by atoms with E-state index in [1.165, 1.54) is 33.4 Å². The molecule has 4 N–H and O–H groups in total. The zero-order valence-electron chi connectivity index (χ0n) is 26.5. The molecule has 0 bridgehead atoms. The largest absolute Gasteiger partial charge is 0.489 e. The Kier molecular flexibility index (Phi) is 12.8. The van der Waals surface area contributed by atoms with Gasteiger partial charge in [-0.1, -0.05) is 89.6 Å². The van der Waals surface area contributed by atoms with Crippen LogP contribution in [0.15, 0.2) is 71.6 Å². The van der Waals surface area contributed by atoms with Crippen LogP contribution < -0.4 is 15.8 Å². The Morgan fingerprint density at radius 2 is 1.85 bits per heavy atom. The van der Waals surface area contributed by atoms with E-state index in [-0.39, 0.29) is 18.1 Å². The molecule has 0 radical (unpaired) electrons. The van der Waals surface area contributed by atoms with Crippen molar-refractivity contribution in [2.24, 2.45) is 11.7 Å². The van der Waals surface area contributed by atoms with Crippen LogP contribution in [0.2, 0.25) is 0 Å². The summed E-state index contributed by atoms with van der Waals surface area (Å²) in [5.74, 6) is 0.996. The molecule has 0 aromatic heterocycles. The van der Waals surface area contributed by atoms with Crippen molar-refractivity contribution in [2.75, 3.05) is 0 Å². The Hall–Kier alpha value is -3.27. The van der Waals surface area contributed by atoms with Gasteiger partial charge in [-0.3, -0.25) is 0 Å². The van der Waals surface area contributed by atoms with E-state index < -0.39 is 0 Å². The number of hydrogen-bond acceptors (Lipinski definition) is 4. The molecular weight excluding hydrogens is 490 g/mol. The van der Waals surface area contributed by atoms with Gasteiger partial charge in [-0.05, 0) is 80.0 Å². The van der Waals surface area contributed by atoms with Crippen LogP contribution in [0.3, 0.4) is 0 Å². The molecule has 0 aliphatic carbocycles. The Balaban J connectivity index is 0.00000274. The minimum Gasteiger partial charge on any atom is -0.489 e. The topological polar surface area (TPSA) is 71.1 Å². The van der Waals surface area contributed by atoms with E-state index in [1.54, 1.807) is 6.92 Å². The molecule has 4 nitrogen and oxygen atoms in total. The maximum Gasteiger partial charge on any atom is 0.123 e. The number of fused-ring (bicyclic) bond motifs is 1. The summed E-state index contributed by atoms with van der Waals surface area (Å²) in [6.45, 7) is 23.0. The van der Waals surface area contributed by atoms with Crippen molar-refractivity contribution < 1.29 is 4.74 Å². The number of nitrogens with two attached hydrogens (primary N) is 1. The molecule has 3 rings (SSSR count). The molecule has 0 fully saturated rings. The first-order valence-electron chi connectivity index (χ1n) is 15.1. The molecule has 0 amide bonds. The predicted molar refractivity (Wildman–Crippen MR) is 173 cm³/mol. The monoisotopic (exact) mass is 543 g/mol. The molecule has 3 atom stereocenters. The van der Waals surface area contributed by atoms with Crippen molar-refractivity contribution in [3.05, 3.63) is 99.4 Å². The highest BCUT2D eigenvalue weighted by molar-refractivity contribution is 5.96. The smallest absolute Gasteiger partial charge is 0.123 e. The SMILES string of the molecule is C=C(Cc1ccc2c(c1)CC(C(C)/C(C(C)=N)=C(\C)N)O2)NC(/C(=C/CCC)CC)c1ccc(C)cc1C.CC. The highest BCUT2D eigenvalue weighted by Crippen LogP contribution is 2.36. The molecule has 0 spiro atoms. The van der Waals surface area contributed by atoms with Gasteiger partial charge in [0.25, 0.3) is 0 Å². The van der Waals surface area contributed by atoms with Gasteiger partial charge in [0.05, 0.1) is 6.04 Å². The third-order valence-electron chi connectivity index (χ3n) is 7.64. The molecule has 40 heavy (non-hydrogen) atoms.